The van der Waals surface area contributed by atoms with Gasteiger partial charge in [0.15, 0.2) is 0 Å². The van der Waals surface area contributed by atoms with Crippen molar-refractivity contribution in [1.82, 2.24) is 0 Å². The van der Waals surface area contributed by atoms with Crippen LogP contribution in [0, 0.1) is 16.6 Å². The molecule has 3 heteroatoms. The van der Waals surface area contributed by atoms with Crippen LogP contribution in [0.3, 0.4) is 0 Å². The standard InChI is InChI=1S/C17H26FNO/c1-15(2)9-16(3,4)11-17(10-15,12-20)19-14-7-5-6-13(18)8-14/h5-8,19-20H,9-12H2,1-4H3. The van der Waals surface area contributed by atoms with E-state index >= 15 is 0 Å². The third kappa shape index (κ3) is 3.51. The summed E-state index contributed by atoms with van der Waals surface area (Å²) in [7, 11) is 0. The zero-order valence-electron chi connectivity index (χ0n) is 13.0. The molecule has 2 rings (SSSR count). The number of halogens is 1. The van der Waals surface area contributed by atoms with Crippen molar-refractivity contribution in [3.05, 3.63) is 30.1 Å². The van der Waals surface area contributed by atoms with Crippen molar-refractivity contribution in [2.24, 2.45) is 10.8 Å². The number of nitrogens with one attached hydrogen (secondary N) is 1. The van der Waals surface area contributed by atoms with Gasteiger partial charge in [0, 0.05) is 5.69 Å². The maximum absolute atomic E-state index is 13.4. The van der Waals surface area contributed by atoms with Crippen LogP contribution >= 0.6 is 0 Å². The zero-order valence-corrected chi connectivity index (χ0v) is 13.0. The van der Waals surface area contributed by atoms with E-state index in [1.165, 1.54) is 12.1 Å². The summed E-state index contributed by atoms with van der Waals surface area (Å²) < 4.78 is 13.4. The van der Waals surface area contributed by atoms with Gasteiger partial charge in [-0.25, -0.2) is 4.39 Å². The van der Waals surface area contributed by atoms with Crippen LogP contribution in [-0.4, -0.2) is 17.3 Å². The van der Waals surface area contributed by atoms with Crippen molar-refractivity contribution in [2.45, 2.75) is 52.5 Å². The van der Waals surface area contributed by atoms with Gasteiger partial charge >= 0.3 is 0 Å². The van der Waals surface area contributed by atoms with Crippen molar-refractivity contribution >= 4 is 5.69 Å². The van der Waals surface area contributed by atoms with E-state index in [2.05, 4.69) is 33.0 Å². The van der Waals surface area contributed by atoms with E-state index in [0.717, 1.165) is 24.9 Å². The Balaban J connectivity index is 2.29. The van der Waals surface area contributed by atoms with E-state index in [-0.39, 0.29) is 28.8 Å². The predicted molar refractivity (Wildman–Crippen MR) is 81.3 cm³/mol. The lowest BCUT2D eigenvalue weighted by molar-refractivity contribution is 0.0288. The molecule has 0 aromatic heterocycles. The van der Waals surface area contributed by atoms with Gasteiger partial charge in [0.1, 0.15) is 5.82 Å². The van der Waals surface area contributed by atoms with Gasteiger partial charge in [-0.2, -0.15) is 0 Å². The fraction of sp³-hybridized carbons (Fsp3) is 0.647. The fourth-order valence-corrected chi connectivity index (χ4v) is 4.43. The molecule has 2 nitrogen and oxygen atoms in total. The fourth-order valence-electron chi connectivity index (χ4n) is 4.43. The van der Waals surface area contributed by atoms with Crippen LogP contribution in [0.5, 0.6) is 0 Å². The van der Waals surface area contributed by atoms with Crippen LogP contribution in [0.1, 0.15) is 47.0 Å². The topological polar surface area (TPSA) is 32.3 Å². The summed E-state index contributed by atoms with van der Waals surface area (Å²) in [5.74, 6) is -0.252. The summed E-state index contributed by atoms with van der Waals surface area (Å²) in [6, 6.07) is 6.48. The van der Waals surface area contributed by atoms with Gasteiger partial charge in [-0.15, -0.1) is 0 Å². The minimum atomic E-state index is -0.376. The lowest BCUT2D eigenvalue weighted by atomic mass is 9.58. The SMILES string of the molecule is CC1(C)CC(C)(C)CC(CO)(Nc2cccc(F)c2)C1. The van der Waals surface area contributed by atoms with Crippen molar-refractivity contribution in [2.75, 3.05) is 11.9 Å². The summed E-state index contributed by atoms with van der Waals surface area (Å²) in [5.41, 5.74) is 0.682. The molecule has 0 spiro atoms. The molecule has 1 aliphatic carbocycles. The van der Waals surface area contributed by atoms with Gasteiger partial charge in [-0.3, -0.25) is 0 Å². The van der Waals surface area contributed by atoms with E-state index in [4.69, 9.17) is 0 Å². The molecule has 0 radical (unpaired) electrons. The highest BCUT2D eigenvalue weighted by atomic mass is 19.1. The Kier molecular flexibility index (Phi) is 3.85. The monoisotopic (exact) mass is 279 g/mol. The molecule has 2 N–H and O–H groups in total. The Morgan fingerprint density at radius 2 is 1.70 bits per heavy atom. The lowest BCUT2D eigenvalue weighted by Crippen LogP contribution is -2.53. The molecule has 0 aliphatic heterocycles. The molecule has 0 unspecified atom stereocenters. The average molecular weight is 279 g/mol. The second kappa shape index (κ2) is 5.03. The molecule has 1 aliphatic rings. The maximum atomic E-state index is 13.4. The van der Waals surface area contributed by atoms with Gasteiger partial charge < -0.3 is 10.4 Å². The first-order valence-corrected chi connectivity index (χ1v) is 7.30. The number of aliphatic hydroxyl groups excluding tert-OH is 1. The number of benzene rings is 1. The second-order valence-electron chi connectivity index (χ2n) is 7.93. The van der Waals surface area contributed by atoms with Crippen molar-refractivity contribution in [3.8, 4) is 0 Å². The van der Waals surface area contributed by atoms with Crippen molar-refractivity contribution in [1.29, 1.82) is 0 Å². The minimum absolute atomic E-state index is 0.0658. The highest BCUT2D eigenvalue weighted by Gasteiger charge is 2.47. The molecular formula is C17H26FNO. The van der Waals surface area contributed by atoms with Gasteiger partial charge in [0.25, 0.3) is 0 Å². The van der Waals surface area contributed by atoms with Crippen LogP contribution in [0.4, 0.5) is 10.1 Å². The summed E-state index contributed by atoms with van der Waals surface area (Å²) in [6.07, 6.45) is 2.90. The first-order chi connectivity index (χ1) is 9.15. The number of aliphatic hydroxyl groups is 1. The molecule has 1 aromatic rings. The van der Waals surface area contributed by atoms with Crippen LogP contribution in [0.25, 0.3) is 0 Å². The van der Waals surface area contributed by atoms with E-state index in [0.29, 0.717) is 0 Å². The van der Waals surface area contributed by atoms with E-state index in [1.807, 2.05) is 6.07 Å². The summed E-state index contributed by atoms with van der Waals surface area (Å²) in [5, 5.41) is 13.4. The maximum Gasteiger partial charge on any atom is 0.125 e. The molecule has 0 heterocycles. The smallest absolute Gasteiger partial charge is 0.125 e. The first kappa shape index (κ1) is 15.3. The van der Waals surface area contributed by atoms with Gasteiger partial charge in [-0.1, -0.05) is 33.8 Å². The van der Waals surface area contributed by atoms with Crippen LogP contribution in [-0.2, 0) is 0 Å². The quantitative estimate of drug-likeness (QED) is 0.869. The molecule has 20 heavy (non-hydrogen) atoms. The minimum Gasteiger partial charge on any atom is -0.394 e. The van der Waals surface area contributed by atoms with Crippen molar-refractivity contribution in [3.63, 3.8) is 0 Å². The van der Waals surface area contributed by atoms with Gasteiger partial charge in [-0.05, 0) is 48.3 Å². The zero-order chi connectivity index (χ0) is 15.0. The van der Waals surface area contributed by atoms with E-state index in [1.54, 1.807) is 6.07 Å². The normalized spacial score (nSPS) is 23.3. The number of rotatable bonds is 3. The lowest BCUT2D eigenvalue weighted by Gasteiger charge is -2.52. The molecular weight excluding hydrogens is 253 g/mol. The third-order valence-corrected chi connectivity index (χ3v) is 4.13. The van der Waals surface area contributed by atoms with Crippen LogP contribution < -0.4 is 5.32 Å². The molecule has 0 amide bonds. The Morgan fingerprint density at radius 1 is 1.10 bits per heavy atom. The Morgan fingerprint density at radius 3 is 2.20 bits per heavy atom. The number of hydrogen-bond donors (Lipinski definition) is 2. The summed E-state index contributed by atoms with van der Waals surface area (Å²) >= 11 is 0. The van der Waals surface area contributed by atoms with E-state index < -0.39 is 0 Å². The third-order valence-electron chi connectivity index (χ3n) is 4.13. The van der Waals surface area contributed by atoms with Crippen LogP contribution in [0.15, 0.2) is 24.3 Å². The number of anilines is 1. The Bertz CT molecular complexity index is 466. The van der Waals surface area contributed by atoms with E-state index in [9.17, 15) is 9.50 Å². The highest BCUT2D eigenvalue weighted by molar-refractivity contribution is 5.46. The summed E-state index contributed by atoms with van der Waals surface area (Å²) in [4.78, 5) is 0. The van der Waals surface area contributed by atoms with Gasteiger partial charge in [0.2, 0.25) is 0 Å². The highest BCUT2D eigenvalue weighted by Crippen LogP contribution is 2.50. The average Bonchev–Trinajstić information content (AvgIpc) is 2.24. The predicted octanol–water partition coefficient (Wildman–Crippen LogP) is 4.21. The molecule has 112 valence electrons. The molecule has 0 saturated heterocycles. The molecule has 1 aromatic carbocycles. The number of hydrogen-bond acceptors (Lipinski definition) is 2. The second-order valence-corrected chi connectivity index (χ2v) is 7.93. The Labute approximate surface area is 121 Å². The molecule has 1 fully saturated rings. The molecule has 0 bridgehead atoms. The largest absolute Gasteiger partial charge is 0.394 e. The summed E-state index contributed by atoms with van der Waals surface area (Å²) in [6.45, 7) is 9.03. The molecule has 0 atom stereocenters. The Hall–Kier alpha value is -1.09. The van der Waals surface area contributed by atoms with Crippen LogP contribution in [0.2, 0.25) is 0 Å². The first-order valence-electron chi connectivity index (χ1n) is 7.30. The van der Waals surface area contributed by atoms with Gasteiger partial charge in [0.05, 0.1) is 12.1 Å². The van der Waals surface area contributed by atoms with Crippen molar-refractivity contribution < 1.29 is 9.50 Å². The molecule has 1 saturated carbocycles.